The summed E-state index contributed by atoms with van der Waals surface area (Å²) in [6.07, 6.45) is 5.03. The smallest absolute Gasteiger partial charge is 0.240 e. The standard InChI is InChI=1S/C13H21N3OS/c1-9-10(2)18-13(14-9)15-12(17)8-16(3)11-6-4-5-7-11/h11H,4-8H2,1-3H3,(H,14,15,17). The Hall–Kier alpha value is -0.940. The molecule has 1 aromatic rings. The number of hydrogen-bond donors (Lipinski definition) is 1. The molecule has 18 heavy (non-hydrogen) atoms. The molecule has 100 valence electrons. The third kappa shape index (κ3) is 3.29. The molecule has 1 fully saturated rings. The topological polar surface area (TPSA) is 45.2 Å². The van der Waals surface area contributed by atoms with Crippen molar-refractivity contribution in [2.24, 2.45) is 0 Å². The van der Waals surface area contributed by atoms with E-state index in [1.807, 2.05) is 20.9 Å². The van der Waals surface area contributed by atoms with E-state index < -0.39 is 0 Å². The normalized spacial score (nSPS) is 16.4. The number of carbonyl (C=O) groups excluding carboxylic acids is 1. The number of nitrogens with one attached hydrogen (secondary N) is 1. The van der Waals surface area contributed by atoms with E-state index in [4.69, 9.17) is 0 Å². The third-order valence-electron chi connectivity index (χ3n) is 3.62. The average molecular weight is 267 g/mol. The van der Waals surface area contributed by atoms with Gasteiger partial charge in [0.1, 0.15) is 0 Å². The summed E-state index contributed by atoms with van der Waals surface area (Å²) in [5.41, 5.74) is 0.999. The second-order valence-electron chi connectivity index (χ2n) is 5.06. The van der Waals surface area contributed by atoms with Crippen LogP contribution < -0.4 is 5.32 Å². The highest BCUT2D eigenvalue weighted by atomic mass is 32.1. The van der Waals surface area contributed by atoms with Gasteiger partial charge in [-0.2, -0.15) is 0 Å². The number of amides is 1. The van der Waals surface area contributed by atoms with Crippen molar-refractivity contribution in [3.05, 3.63) is 10.6 Å². The minimum Gasteiger partial charge on any atom is -0.301 e. The number of hydrogen-bond acceptors (Lipinski definition) is 4. The number of rotatable bonds is 4. The van der Waals surface area contributed by atoms with Gasteiger partial charge >= 0.3 is 0 Å². The Morgan fingerprint density at radius 1 is 1.44 bits per heavy atom. The van der Waals surface area contributed by atoms with Crippen molar-refractivity contribution in [3.8, 4) is 0 Å². The van der Waals surface area contributed by atoms with Gasteiger partial charge in [-0.25, -0.2) is 4.98 Å². The number of aryl methyl sites for hydroxylation is 2. The van der Waals surface area contributed by atoms with Crippen LogP contribution in [-0.4, -0.2) is 35.4 Å². The predicted molar refractivity (Wildman–Crippen MR) is 75.1 cm³/mol. The van der Waals surface area contributed by atoms with E-state index in [0.717, 1.165) is 15.7 Å². The average Bonchev–Trinajstić information content (AvgIpc) is 2.89. The Morgan fingerprint density at radius 3 is 2.67 bits per heavy atom. The Balaban J connectivity index is 1.84. The first-order valence-corrected chi connectivity index (χ1v) is 7.32. The van der Waals surface area contributed by atoms with Crippen LogP contribution in [0.15, 0.2) is 0 Å². The van der Waals surface area contributed by atoms with Crippen molar-refractivity contribution >= 4 is 22.4 Å². The molecule has 1 aliphatic rings. The molecule has 0 aromatic carbocycles. The van der Waals surface area contributed by atoms with Gasteiger partial charge in [0.25, 0.3) is 0 Å². The molecule has 4 nitrogen and oxygen atoms in total. The maximum atomic E-state index is 11.9. The van der Waals surface area contributed by atoms with Crippen LogP contribution in [0.2, 0.25) is 0 Å². The summed E-state index contributed by atoms with van der Waals surface area (Å²) >= 11 is 1.54. The van der Waals surface area contributed by atoms with Crippen molar-refractivity contribution in [2.75, 3.05) is 18.9 Å². The van der Waals surface area contributed by atoms with Crippen molar-refractivity contribution in [1.82, 2.24) is 9.88 Å². The maximum Gasteiger partial charge on any atom is 0.240 e. The number of carbonyl (C=O) groups is 1. The number of anilines is 1. The molecule has 1 aliphatic carbocycles. The fourth-order valence-corrected chi connectivity index (χ4v) is 3.22. The maximum absolute atomic E-state index is 11.9. The van der Waals surface area contributed by atoms with Gasteiger partial charge in [0, 0.05) is 10.9 Å². The Morgan fingerprint density at radius 2 is 2.11 bits per heavy atom. The van der Waals surface area contributed by atoms with Crippen LogP contribution in [0.25, 0.3) is 0 Å². The lowest BCUT2D eigenvalue weighted by molar-refractivity contribution is -0.117. The quantitative estimate of drug-likeness (QED) is 0.912. The van der Waals surface area contributed by atoms with Gasteiger partial charge in [-0.05, 0) is 33.7 Å². The summed E-state index contributed by atoms with van der Waals surface area (Å²) in [5.74, 6) is 0.0400. The van der Waals surface area contributed by atoms with Gasteiger partial charge in [-0.3, -0.25) is 9.69 Å². The molecule has 0 saturated heterocycles. The Kier molecular flexibility index (Phi) is 4.35. The van der Waals surface area contributed by atoms with Gasteiger partial charge in [0.05, 0.1) is 12.2 Å². The highest BCUT2D eigenvalue weighted by molar-refractivity contribution is 7.15. The van der Waals surface area contributed by atoms with E-state index in [0.29, 0.717) is 12.6 Å². The predicted octanol–water partition coefficient (Wildman–Crippen LogP) is 2.57. The van der Waals surface area contributed by atoms with E-state index in [2.05, 4.69) is 15.2 Å². The molecule has 0 radical (unpaired) electrons. The SMILES string of the molecule is Cc1nc(NC(=O)CN(C)C2CCCC2)sc1C. The van der Waals surface area contributed by atoms with E-state index in [1.54, 1.807) is 11.3 Å². The van der Waals surface area contributed by atoms with Crippen molar-refractivity contribution in [3.63, 3.8) is 0 Å². The van der Waals surface area contributed by atoms with Gasteiger partial charge in [0.2, 0.25) is 5.91 Å². The molecule has 5 heteroatoms. The molecule has 0 atom stereocenters. The second kappa shape index (κ2) is 5.80. The molecule has 0 bridgehead atoms. The highest BCUT2D eigenvalue weighted by Gasteiger charge is 2.21. The second-order valence-corrected chi connectivity index (χ2v) is 6.27. The lowest BCUT2D eigenvalue weighted by atomic mass is 10.2. The van der Waals surface area contributed by atoms with E-state index >= 15 is 0 Å². The lowest BCUT2D eigenvalue weighted by Crippen LogP contribution is -2.36. The molecule has 1 aromatic heterocycles. The fraction of sp³-hybridized carbons (Fsp3) is 0.692. The van der Waals surface area contributed by atoms with Crippen LogP contribution in [0.1, 0.15) is 36.3 Å². The van der Waals surface area contributed by atoms with E-state index in [9.17, 15) is 4.79 Å². The Labute approximate surface area is 112 Å². The summed E-state index contributed by atoms with van der Waals surface area (Å²) in [6.45, 7) is 4.45. The first-order valence-electron chi connectivity index (χ1n) is 6.50. The number of nitrogens with zero attached hydrogens (tertiary/aromatic N) is 2. The molecular formula is C13H21N3OS. The summed E-state index contributed by atoms with van der Waals surface area (Å²) < 4.78 is 0. The molecule has 0 spiro atoms. The monoisotopic (exact) mass is 267 g/mol. The number of aromatic nitrogens is 1. The molecule has 1 saturated carbocycles. The van der Waals surface area contributed by atoms with Gasteiger partial charge in [0.15, 0.2) is 5.13 Å². The summed E-state index contributed by atoms with van der Waals surface area (Å²) in [5, 5.41) is 3.60. The van der Waals surface area contributed by atoms with Crippen molar-refractivity contribution in [1.29, 1.82) is 0 Å². The highest BCUT2D eigenvalue weighted by Crippen LogP contribution is 2.23. The molecule has 1 N–H and O–H groups in total. The summed E-state index contributed by atoms with van der Waals surface area (Å²) in [7, 11) is 2.04. The van der Waals surface area contributed by atoms with Crippen LogP contribution in [0.4, 0.5) is 5.13 Å². The number of thiazole rings is 1. The van der Waals surface area contributed by atoms with Crippen LogP contribution in [0.5, 0.6) is 0 Å². The fourth-order valence-electron chi connectivity index (χ4n) is 2.39. The third-order valence-corrected chi connectivity index (χ3v) is 4.60. The summed E-state index contributed by atoms with van der Waals surface area (Å²) in [4.78, 5) is 19.6. The number of likely N-dealkylation sites (N-methyl/N-ethyl adjacent to an activating group) is 1. The summed E-state index contributed by atoms with van der Waals surface area (Å²) in [6, 6.07) is 0.579. The van der Waals surface area contributed by atoms with E-state index in [1.165, 1.54) is 25.7 Å². The molecule has 2 rings (SSSR count). The van der Waals surface area contributed by atoms with Crippen LogP contribution in [0.3, 0.4) is 0 Å². The van der Waals surface area contributed by atoms with Crippen molar-refractivity contribution < 1.29 is 4.79 Å². The first-order chi connectivity index (χ1) is 8.56. The Bertz CT molecular complexity index is 404. The molecular weight excluding hydrogens is 246 g/mol. The van der Waals surface area contributed by atoms with Crippen LogP contribution in [0, 0.1) is 13.8 Å². The van der Waals surface area contributed by atoms with Gasteiger partial charge in [-0.15, -0.1) is 11.3 Å². The minimum atomic E-state index is 0.0400. The van der Waals surface area contributed by atoms with Gasteiger partial charge < -0.3 is 5.32 Å². The zero-order valence-electron chi connectivity index (χ0n) is 11.3. The molecule has 0 aliphatic heterocycles. The van der Waals surface area contributed by atoms with Crippen LogP contribution in [-0.2, 0) is 4.79 Å². The van der Waals surface area contributed by atoms with Crippen LogP contribution >= 0.6 is 11.3 Å². The van der Waals surface area contributed by atoms with E-state index in [-0.39, 0.29) is 5.91 Å². The molecule has 1 heterocycles. The zero-order valence-corrected chi connectivity index (χ0v) is 12.1. The zero-order chi connectivity index (χ0) is 13.1. The van der Waals surface area contributed by atoms with Crippen molar-refractivity contribution in [2.45, 2.75) is 45.6 Å². The molecule has 1 amide bonds. The van der Waals surface area contributed by atoms with Gasteiger partial charge in [-0.1, -0.05) is 12.8 Å². The largest absolute Gasteiger partial charge is 0.301 e. The molecule has 0 unspecified atom stereocenters. The first kappa shape index (κ1) is 13.5. The lowest BCUT2D eigenvalue weighted by Gasteiger charge is -2.22. The minimum absolute atomic E-state index is 0.0400.